The first-order valence-electron chi connectivity index (χ1n) is 7.57. The van der Waals surface area contributed by atoms with Crippen molar-refractivity contribution in [1.82, 2.24) is 4.90 Å². The SMILES string of the molecule is O=C(N1CCCC2(CCS(=O)(=O)C2)C1)C1(O)CCCC1. The molecular weight excluding hydrogens is 278 g/mol. The summed E-state index contributed by atoms with van der Waals surface area (Å²) in [5.74, 6) is 0.292. The number of piperidine rings is 1. The molecular formula is C14H23NO4S. The molecule has 2 aliphatic heterocycles. The van der Waals surface area contributed by atoms with Crippen molar-refractivity contribution in [2.24, 2.45) is 5.41 Å². The van der Waals surface area contributed by atoms with Crippen LogP contribution in [0, 0.1) is 5.41 Å². The number of hydrogen-bond donors (Lipinski definition) is 1. The molecule has 3 aliphatic rings. The first-order valence-corrected chi connectivity index (χ1v) is 9.39. The van der Waals surface area contributed by atoms with E-state index in [0.717, 1.165) is 25.7 Å². The average molecular weight is 301 g/mol. The van der Waals surface area contributed by atoms with Crippen molar-refractivity contribution in [3.05, 3.63) is 0 Å². The number of carbonyl (C=O) groups excluding carboxylic acids is 1. The summed E-state index contributed by atoms with van der Waals surface area (Å²) >= 11 is 0. The monoisotopic (exact) mass is 301 g/mol. The molecule has 0 aromatic heterocycles. The molecule has 114 valence electrons. The third kappa shape index (κ3) is 2.48. The van der Waals surface area contributed by atoms with Gasteiger partial charge in [0.1, 0.15) is 5.60 Å². The zero-order chi connectivity index (χ0) is 14.4. The van der Waals surface area contributed by atoms with Crippen LogP contribution in [-0.2, 0) is 14.6 Å². The lowest BCUT2D eigenvalue weighted by Gasteiger charge is -2.42. The van der Waals surface area contributed by atoms with Gasteiger partial charge in [0, 0.05) is 18.5 Å². The van der Waals surface area contributed by atoms with Crippen molar-refractivity contribution in [3.8, 4) is 0 Å². The Labute approximate surface area is 120 Å². The summed E-state index contributed by atoms with van der Waals surface area (Å²) in [6.07, 6.45) is 5.29. The van der Waals surface area contributed by atoms with E-state index >= 15 is 0 Å². The average Bonchev–Trinajstić information content (AvgIpc) is 2.94. The molecule has 1 aliphatic carbocycles. The van der Waals surface area contributed by atoms with Crippen LogP contribution in [-0.4, -0.2) is 54.5 Å². The number of hydrogen-bond acceptors (Lipinski definition) is 4. The van der Waals surface area contributed by atoms with Gasteiger partial charge in [-0.3, -0.25) is 4.79 Å². The second-order valence-corrected chi connectivity index (χ2v) is 9.10. The summed E-state index contributed by atoms with van der Waals surface area (Å²) in [5, 5.41) is 10.4. The maximum atomic E-state index is 12.6. The molecule has 0 aromatic carbocycles. The molecule has 0 aromatic rings. The minimum atomic E-state index is -2.94. The number of likely N-dealkylation sites (tertiary alicyclic amines) is 1. The van der Waals surface area contributed by atoms with Gasteiger partial charge in [-0.2, -0.15) is 0 Å². The van der Waals surface area contributed by atoms with Crippen LogP contribution >= 0.6 is 0 Å². The molecule has 1 spiro atoms. The van der Waals surface area contributed by atoms with E-state index in [1.807, 2.05) is 0 Å². The van der Waals surface area contributed by atoms with Crippen LogP contribution in [0.4, 0.5) is 0 Å². The van der Waals surface area contributed by atoms with Gasteiger partial charge < -0.3 is 10.0 Å². The van der Waals surface area contributed by atoms with Gasteiger partial charge in [0.25, 0.3) is 5.91 Å². The van der Waals surface area contributed by atoms with E-state index in [2.05, 4.69) is 0 Å². The smallest absolute Gasteiger partial charge is 0.254 e. The van der Waals surface area contributed by atoms with E-state index in [1.54, 1.807) is 4.90 Å². The molecule has 1 unspecified atom stereocenters. The molecule has 5 nitrogen and oxygen atoms in total. The maximum absolute atomic E-state index is 12.6. The Morgan fingerprint density at radius 3 is 2.35 bits per heavy atom. The lowest BCUT2D eigenvalue weighted by Crippen LogP contribution is -2.54. The second kappa shape index (κ2) is 4.70. The third-order valence-electron chi connectivity index (χ3n) is 5.25. The van der Waals surface area contributed by atoms with Crippen molar-refractivity contribution in [1.29, 1.82) is 0 Å². The molecule has 20 heavy (non-hydrogen) atoms. The van der Waals surface area contributed by atoms with Gasteiger partial charge in [-0.25, -0.2) is 8.42 Å². The highest BCUT2D eigenvalue weighted by Gasteiger charge is 2.49. The lowest BCUT2D eigenvalue weighted by molar-refractivity contribution is -0.154. The first-order chi connectivity index (χ1) is 9.34. The number of carbonyl (C=O) groups is 1. The summed E-state index contributed by atoms with van der Waals surface area (Å²) in [5.41, 5.74) is -1.43. The van der Waals surface area contributed by atoms with Crippen LogP contribution < -0.4 is 0 Å². The summed E-state index contributed by atoms with van der Waals surface area (Å²) in [4.78, 5) is 14.3. The van der Waals surface area contributed by atoms with E-state index < -0.39 is 15.4 Å². The molecule has 6 heteroatoms. The van der Waals surface area contributed by atoms with Crippen molar-refractivity contribution >= 4 is 15.7 Å². The molecule has 0 bridgehead atoms. The molecule has 3 fully saturated rings. The Balaban J connectivity index is 1.74. The zero-order valence-electron chi connectivity index (χ0n) is 11.8. The van der Waals surface area contributed by atoms with E-state index in [1.165, 1.54) is 0 Å². The fraction of sp³-hybridized carbons (Fsp3) is 0.929. The number of amides is 1. The largest absolute Gasteiger partial charge is 0.380 e. The highest BCUT2D eigenvalue weighted by atomic mass is 32.2. The molecule has 1 atom stereocenters. The molecule has 3 rings (SSSR count). The van der Waals surface area contributed by atoms with E-state index in [9.17, 15) is 18.3 Å². The van der Waals surface area contributed by atoms with Gasteiger partial charge in [0.05, 0.1) is 11.5 Å². The number of rotatable bonds is 1. The zero-order valence-corrected chi connectivity index (χ0v) is 12.6. The Bertz CT molecular complexity index is 509. The minimum Gasteiger partial charge on any atom is -0.380 e. The molecule has 2 heterocycles. The third-order valence-corrected chi connectivity index (χ3v) is 7.13. The molecule has 2 saturated heterocycles. The molecule has 0 radical (unpaired) electrons. The Morgan fingerprint density at radius 2 is 1.75 bits per heavy atom. The minimum absolute atomic E-state index is 0.168. The van der Waals surface area contributed by atoms with Crippen molar-refractivity contribution in [2.45, 2.75) is 50.5 Å². The highest BCUT2D eigenvalue weighted by molar-refractivity contribution is 7.91. The fourth-order valence-electron chi connectivity index (χ4n) is 4.15. The van der Waals surface area contributed by atoms with Crippen LogP contribution in [0.15, 0.2) is 0 Å². The van der Waals surface area contributed by atoms with Gasteiger partial charge in [-0.05, 0) is 44.9 Å². The quantitative estimate of drug-likeness (QED) is 0.774. The highest BCUT2D eigenvalue weighted by Crippen LogP contribution is 2.41. The molecule has 1 N–H and O–H groups in total. The second-order valence-electron chi connectivity index (χ2n) is 6.91. The van der Waals surface area contributed by atoms with Crippen LogP contribution in [0.3, 0.4) is 0 Å². The van der Waals surface area contributed by atoms with Crippen LogP contribution in [0.2, 0.25) is 0 Å². The van der Waals surface area contributed by atoms with Gasteiger partial charge in [0.2, 0.25) is 0 Å². The lowest BCUT2D eigenvalue weighted by atomic mass is 9.79. The van der Waals surface area contributed by atoms with Gasteiger partial charge >= 0.3 is 0 Å². The summed E-state index contributed by atoms with van der Waals surface area (Å²) < 4.78 is 23.5. The van der Waals surface area contributed by atoms with Crippen molar-refractivity contribution in [3.63, 3.8) is 0 Å². The summed E-state index contributed by atoms with van der Waals surface area (Å²) in [7, 11) is -2.94. The molecule has 1 amide bonds. The predicted molar refractivity (Wildman–Crippen MR) is 74.9 cm³/mol. The normalized spacial score (nSPS) is 35.5. The molecule has 1 saturated carbocycles. The summed E-state index contributed by atoms with van der Waals surface area (Å²) in [6, 6.07) is 0. The topological polar surface area (TPSA) is 74.7 Å². The van der Waals surface area contributed by atoms with Gasteiger partial charge in [0.15, 0.2) is 9.84 Å². The van der Waals surface area contributed by atoms with Crippen molar-refractivity contribution < 1.29 is 18.3 Å². The van der Waals surface area contributed by atoms with E-state index in [0.29, 0.717) is 32.4 Å². The number of sulfone groups is 1. The Hall–Kier alpha value is -0.620. The van der Waals surface area contributed by atoms with Crippen LogP contribution in [0.25, 0.3) is 0 Å². The number of aliphatic hydroxyl groups is 1. The number of nitrogens with zero attached hydrogens (tertiary/aromatic N) is 1. The predicted octanol–water partition coefficient (Wildman–Crippen LogP) is 0.719. The van der Waals surface area contributed by atoms with E-state index in [-0.39, 0.29) is 22.8 Å². The standard InChI is InChI=1S/C14H23NO4S/c16-12(14(17)5-1-2-6-14)15-8-3-4-13(10-15)7-9-20(18,19)11-13/h17H,1-11H2. The Kier molecular flexibility index (Phi) is 3.36. The van der Waals surface area contributed by atoms with Crippen molar-refractivity contribution in [2.75, 3.05) is 24.6 Å². The summed E-state index contributed by atoms with van der Waals surface area (Å²) in [6.45, 7) is 1.16. The maximum Gasteiger partial charge on any atom is 0.254 e. The van der Waals surface area contributed by atoms with Crippen LogP contribution in [0.5, 0.6) is 0 Å². The van der Waals surface area contributed by atoms with E-state index in [4.69, 9.17) is 0 Å². The fourth-order valence-corrected chi connectivity index (χ4v) is 6.36. The van der Waals surface area contributed by atoms with Gasteiger partial charge in [-0.15, -0.1) is 0 Å². The Morgan fingerprint density at radius 1 is 1.05 bits per heavy atom. The van der Waals surface area contributed by atoms with Gasteiger partial charge in [-0.1, -0.05) is 0 Å². The first kappa shape index (κ1) is 14.3. The van der Waals surface area contributed by atoms with Crippen LogP contribution in [0.1, 0.15) is 44.9 Å².